The number of nitrogens with zero attached hydrogens (tertiary/aromatic N) is 5. The monoisotopic (exact) mass is 457 g/mol. The summed E-state index contributed by atoms with van der Waals surface area (Å²) in [5.41, 5.74) is 9.26. The Balaban J connectivity index is 1.51. The number of nitrogens with one attached hydrogen (secondary N) is 3. The maximum Gasteiger partial charge on any atom is 0.276 e. The zero-order valence-electron chi connectivity index (χ0n) is 18.9. The van der Waals surface area contributed by atoms with Crippen LogP contribution in [0, 0.1) is 6.92 Å². The van der Waals surface area contributed by atoms with Gasteiger partial charge in [0.05, 0.1) is 11.9 Å². The van der Waals surface area contributed by atoms with Gasteiger partial charge in [0.25, 0.3) is 5.91 Å². The first-order valence-electron chi connectivity index (χ1n) is 11.4. The van der Waals surface area contributed by atoms with Crippen molar-refractivity contribution in [1.29, 1.82) is 0 Å². The fourth-order valence-electron chi connectivity index (χ4n) is 4.13. The minimum absolute atomic E-state index is 0.259. The number of anilines is 4. The molecule has 0 radical (unpaired) electrons. The molecule has 0 unspecified atom stereocenters. The van der Waals surface area contributed by atoms with Crippen LogP contribution in [0.1, 0.15) is 41.7 Å². The number of carbonyl (C=O) groups is 1. The Labute approximate surface area is 197 Å². The van der Waals surface area contributed by atoms with Crippen molar-refractivity contribution in [2.24, 2.45) is 5.73 Å². The zero-order chi connectivity index (χ0) is 23.5. The Hall–Kier alpha value is -4.05. The fraction of sp³-hybridized carbons (Fsp3) is 0.292. The third-order valence-electron chi connectivity index (χ3n) is 6.02. The highest BCUT2D eigenvalue weighted by Crippen LogP contribution is 2.27. The highest BCUT2D eigenvalue weighted by molar-refractivity contribution is 6.03. The molecule has 174 valence electrons. The molecule has 10 nitrogen and oxygen atoms in total. The molecule has 4 heterocycles. The average Bonchev–Trinajstić information content (AvgIpc) is 3.27. The number of imidazole rings is 1. The summed E-state index contributed by atoms with van der Waals surface area (Å²) in [5.74, 6) is 1.06. The number of aryl methyl sites for hydroxylation is 1. The van der Waals surface area contributed by atoms with Crippen molar-refractivity contribution in [2.45, 2.75) is 44.7 Å². The molecule has 0 atom stereocenters. The summed E-state index contributed by atoms with van der Waals surface area (Å²) in [5, 5.41) is 14.5. The predicted octanol–water partition coefficient (Wildman–Crippen LogP) is 3.51. The second kappa shape index (κ2) is 9.44. The minimum Gasteiger partial charge on any atom is -0.366 e. The highest BCUT2D eigenvalue weighted by atomic mass is 16.2. The van der Waals surface area contributed by atoms with Crippen LogP contribution in [-0.4, -0.2) is 42.6 Å². The molecule has 1 aliphatic carbocycles. The molecule has 0 aromatic carbocycles. The Kier molecular flexibility index (Phi) is 6.05. The zero-order valence-corrected chi connectivity index (χ0v) is 18.9. The van der Waals surface area contributed by atoms with Crippen molar-refractivity contribution >= 4 is 34.6 Å². The van der Waals surface area contributed by atoms with Crippen molar-refractivity contribution in [3.8, 4) is 0 Å². The van der Waals surface area contributed by atoms with Crippen LogP contribution in [0.15, 0.2) is 55.1 Å². The van der Waals surface area contributed by atoms with Crippen molar-refractivity contribution in [3.05, 3.63) is 66.4 Å². The summed E-state index contributed by atoms with van der Waals surface area (Å²) >= 11 is 0. The van der Waals surface area contributed by atoms with E-state index in [1.807, 2.05) is 25.1 Å². The van der Waals surface area contributed by atoms with Gasteiger partial charge < -0.3 is 21.7 Å². The third kappa shape index (κ3) is 4.67. The minimum atomic E-state index is -0.313. The summed E-state index contributed by atoms with van der Waals surface area (Å²) in [6.45, 7) is 1.98. The Bertz CT molecular complexity index is 1300. The molecule has 4 aromatic rings. The number of hydrogen-bond acceptors (Lipinski definition) is 8. The molecule has 1 aliphatic rings. The number of nitrogens with two attached hydrogens (primary N) is 1. The number of pyridine rings is 2. The molecule has 0 aliphatic heterocycles. The molecular formula is C24H27N9O. The molecule has 0 bridgehead atoms. The van der Waals surface area contributed by atoms with Crippen molar-refractivity contribution in [2.75, 3.05) is 16.0 Å². The Morgan fingerprint density at radius 1 is 1.09 bits per heavy atom. The van der Waals surface area contributed by atoms with E-state index >= 15 is 0 Å². The number of aromatic nitrogens is 5. The van der Waals surface area contributed by atoms with E-state index in [9.17, 15) is 4.79 Å². The van der Waals surface area contributed by atoms with Crippen LogP contribution >= 0.6 is 0 Å². The molecule has 5 rings (SSSR count). The summed E-state index contributed by atoms with van der Waals surface area (Å²) in [6, 6.07) is 9.77. The molecule has 0 spiro atoms. The Morgan fingerprint density at radius 3 is 2.65 bits per heavy atom. The number of amides is 1. The molecule has 34 heavy (non-hydrogen) atoms. The van der Waals surface area contributed by atoms with Gasteiger partial charge in [-0.3, -0.25) is 9.78 Å². The lowest BCUT2D eigenvalue weighted by Gasteiger charge is -2.27. The van der Waals surface area contributed by atoms with Crippen LogP contribution in [0.25, 0.3) is 5.65 Å². The number of carbonyl (C=O) groups excluding carboxylic acids is 1. The molecule has 1 amide bonds. The van der Waals surface area contributed by atoms with Crippen molar-refractivity contribution < 1.29 is 4.79 Å². The number of hydrogen-bond donors (Lipinski definition) is 4. The van der Waals surface area contributed by atoms with Gasteiger partial charge in [0.15, 0.2) is 11.3 Å². The standard InChI is InChI=1S/C24H27N9O/c1-15-3-2-10-27-22(15)31-19-13-21(29-17-6-4-16(25)5-7-17)32-33-20(14-28-23(19)33)24(34)30-18-8-11-26-12-9-18/h2-3,8-14,16-17H,4-7,25H2,1H3,(H,27,31)(H,29,32)(H,26,30,34). The topological polar surface area (TPSA) is 135 Å². The van der Waals surface area contributed by atoms with E-state index in [4.69, 9.17) is 10.8 Å². The van der Waals surface area contributed by atoms with Gasteiger partial charge in [0.2, 0.25) is 0 Å². The second-order valence-electron chi connectivity index (χ2n) is 8.56. The van der Waals surface area contributed by atoms with Crippen LogP contribution in [0.4, 0.5) is 23.0 Å². The van der Waals surface area contributed by atoms with Gasteiger partial charge in [0, 0.05) is 42.4 Å². The van der Waals surface area contributed by atoms with Gasteiger partial charge in [-0.2, -0.15) is 0 Å². The summed E-state index contributed by atoms with van der Waals surface area (Å²) in [4.78, 5) is 26.0. The van der Waals surface area contributed by atoms with E-state index in [1.54, 1.807) is 35.2 Å². The van der Waals surface area contributed by atoms with Crippen LogP contribution in [0.2, 0.25) is 0 Å². The molecule has 4 aromatic heterocycles. The largest absolute Gasteiger partial charge is 0.366 e. The summed E-state index contributed by atoms with van der Waals surface area (Å²) < 4.78 is 1.56. The van der Waals surface area contributed by atoms with Gasteiger partial charge in [0.1, 0.15) is 11.6 Å². The molecular weight excluding hydrogens is 430 g/mol. The molecule has 5 N–H and O–H groups in total. The SMILES string of the molecule is Cc1cccnc1Nc1cc(NC2CCC(N)CC2)nn2c(C(=O)Nc3ccncc3)cnc12. The Morgan fingerprint density at radius 2 is 1.88 bits per heavy atom. The number of rotatable bonds is 6. The van der Waals surface area contributed by atoms with E-state index in [0.717, 1.165) is 37.1 Å². The van der Waals surface area contributed by atoms with Gasteiger partial charge in [-0.25, -0.2) is 14.5 Å². The lowest BCUT2D eigenvalue weighted by Crippen LogP contribution is -2.33. The maximum absolute atomic E-state index is 13.1. The van der Waals surface area contributed by atoms with Crippen LogP contribution < -0.4 is 21.7 Å². The molecule has 0 saturated heterocycles. The number of fused-ring (bicyclic) bond motifs is 1. The van der Waals surface area contributed by atoms with Gasteiger partial charge in [-0.15, -0.1) is 5.10 Å². The molecule has 10 heteroatoms. The predicted molar refractivity (Wildman–Crippen MR) is 131 cm³/mol. The highest BCUT2D eigenvalue weighted by Gasteiger charge is 2.21. The van der Waals surface area contributed by atoms with Crippen LogP contribution in [0.3, 0.4) is 0 Å². The van der Waals surface area contributed by atoms with E-state index in [1.165, 1.54) is 6.20 Å². The van der Waals surface area contributed by atoms with Crippen LogP contribution in [0.5, 0.6) is 0 Å². The van der Waals surface area contributed by atoms with Crippen molar-refractivity contribution in [3.63, 3.8) is 0 Å². The average molecular weight is 458 g/mol. The maximum atomic E-state index is 13.1. The summed E-state index contributed by atoms with van der Waals surface area (Å²) in [6.07, 6.45) is 10.4. The van der Waals surface area contributed by atoms with Gasteiger partial charge in [-0.1, -0.05) is 6.07 Å². The van der Waals surface area contributed by atoms with Gasteiger partial charge in [-0.05, 0) is 56.4 Å². The normalized spacial score (nSPS) is 17.9. The van der Waals surface area contributed by atoms with E-state index in [0.29, 0.717) is 28.5 Å². The second-order valence-corrected chi connectivity index (χ2v) is 8.56. The van der Waals surface area contributed by atoms with E-state index < -0.39 is 0 Å². The first-order valence-corrected chi connectivity index (χ1v) is 11.4. The third-order valence-corrected chi connectivity index (χ3v) is 6.02. The molecule has 1 saturated carbocycles. The van der Waals surface area contributed by atoms with Gasteiger partial charge >= 0.3 is 0 Å². The summed E-state index contributed by atoms with van der Waals surface area (Å²) in [7, 11) is 0. The fourth-order valence-corrected chi connectivity index (χ4v) is 4.13. The first-order chi connectivity index (χ1) is 16.6. The molecule has 1 fully saturated rings. The lowest BCUT2D eigenvalue weighted by molar-refractivity contribution is 0.102. The lowest BCUT2D eigenvalue weighted by atomic mass is 9.92. The first kappa shape index (κ1) is 21.8. The van der Waals surface area contributed by atoms with E-state index in [2.05, 4.69) is 30.9 Å². The quantitative estimate of drug-likeness (QED) is 0.345. The van der Waals surface area contributed by atoms with Crippen LogP contribution in [-0.2, 0) is 0 Å². The smallest absolute Gasteiger partial charge is 0.276 e. The van der Waals surface area contributed by atoms with E-state index in [-0.39, 0.29) is 18.0 Å². The van der Waals surface area contributed by atoms with Crippen molar-refractivity contribution in [1.82, 2.24) is 24.6 Å².